The normalized spacial score (nSPS) is 24.0. The molecule has 3 heterocycles. The van der Waals surface area contributed by atoms with Crippen LogP contribution in [0.3, 0.4) is 0 Å². The van der Waals surface area contributed by atoms with Crippen LogP contribution >= 0.6 is 7.60 Å². The molecule has 2 aromatic heterocycles. The van der Waals surface area contributed by atoms with Gasteiger partial charge in [0, 0.05) is 6.54 Å². The molecule has 31 heavy (non-hydrogen) atoms. The van der Waals surface area contributed by atoms with Gasteiger partial charge in [0.25, 0.3) is 0 Å². The van der Waals surface area contributed by atoms with Crippen LogP contribution in [-0.2, 0) is 20.6 Å². The Morgan fingerprint density at radius 3 is 2.65 bits per heavy atom. The number of imidazole rings is 1. The molecule has 1 aliphatic heterocycles. The third-order valence-corrected chi connectivity index (χ3v) is 5.33. The van der Waals surface area contributed by atoms with Crippen molar-refractivity contribution < 1.29 is 34.0 Å². The van der Waals surface area contributed by atoms with E-state index in [1.807, 2.05) is 30.3 Å². The summed E-state index contributed by atoms with van der Waals surface area (Å²) in [5.74, 6) is 0.502. The van der Waals surface area contributed by atoms with Crippen LogP contribution in [-0.4, -0.2) is 70.8 Å². The van der Waals surface area contributed by atoms with E-state index in [4.69, 9.17) is 19.3 Å². The van der Waals surface area contributed by atoms with Crippen molar-refractivity contribution in [3.8, 4) is 0 Å². The Morgan fingerprint density at radius 2 is 1.90 bits per heavy atom. The molecule has 0 amide bonds. The molecule has 4 atom stereocenters. The van der Waals surface area contributed by atoms with E-state index in [0.29, 0.717) is 23.5 Å². The summed E-state index contributed by atoms with van der Waals surface area (Å²) >= 11 is 0. The number of fused-ring (bicyclic) bond motifs is 1. The summed E-state index contributed by atoms with van der Waals surface area (Å²) in [7, 11) is -4.35. The van der Waals surface area contributed by atoms with Crippen molar-refractivity contribution in [3.63, 3.8) is 0 Å². The summed E-state index contributed by atoms with van der Waals surface area (Å²) in [5, 5.41) is 23.9. The lowest BCUT2D eigenvalue weighted by atomic mass is 10.1. The maximum atomic E-state index is 10.9. The predicted octanol–water partition coefficient (Wildman–Crippen LogP) is 0.209. The van der Waals surface area contributed by atoms with Gasteiger partial charge < -0.3 is 34.8 Å². The third-order valence-electron chi connectivity index (χ3n) is 4.81. The van der Waals surface area contributed by atoms with Crippen LogP contribution in [0.5, 0.6) is 0 Å². The molecule has 0 saturated carbocycles. The maximum Gasteiger partial charge on any atom is 0.350 e. The van der Waals surface area contributed by atoms with Crippen molar-refractivity contribution in [2.45, 2.75) is 31.1 Å². The van der Waals surface area contributed by atoms with Gasteiger partial charge in [0.15, 0.2) is 23.2 Å². The van der Waals surface area contributed by atoms with Crippen molar-refractivity contribution in [1.29, 1.82) is 0 Å². The van der Waals surface area contributed by atoms with Gasteiger partial charge in [0.1, 0.15) is 31.0 Å². The highest BCUT2D eigenvalue weighted by Gasteiger charge is 2.44. The smallest absolute Gasteiger partial charge is 0.350 e. The third kappa shape index (κ3) is 4.91. The number of aromatic nitrogens is 4. The summed E-state index contributed by atoms with van der Waals surface area (Å²) in [6.07, 6.45) is -2.67. The van der Waals surface area contributed by atoms with Crippen molar-refractivity contribution in [2.75, 3.05) is 18.3 Å². The topological polar surface area (TPSA) is 172 Å². The Labute approximate surface area is 176 Å². The van der Waals surface area contributed by atoms with Gasteiger partial charge in [-0.1, -0.05) is 30.3 Å². The Balaban J connectivity index is 1.50. The summed E-state index contributed by atoms with van der Waals surface area (Å²) in [6.45, 7) is 0.228. The molecule has 166 valence electrons. The fourth-order valence-electron chi connectivity index (χ4n) is 3.33. The minimum atomic E-state index is -4.35. The second kappa shape index (κ2) is 8.97. The largest absolute Gasteiger partial charge is 0.387 e. The number of nitrogens with zero attached hydrogens (tertiary/aromatic N) is 4. The van der Waals surface area contributed by atoms with Crippen LogP contribution in [0.1, 0.15) is 11.8 Å². The van der Waals surface area contributed by atoms with E-state index in [1.165, 1.54) is 17.2 Å². The minimum Gasteiger partial charge on any atom is -0.387 e. The zero-order valence-corrected chi connectivity index (χ0v) is 17.1. The molecule has 0 radical (unpaired) electrons. The number of rotatable bonds is 8. The zero-order chi connectivity index (χ0) is 22.0. The van der Waals surface area contributed by atoms with Crippen LogP contribution < -0.4 is 5.32 Å². The first kappa shape index (κ1) is 21.8. The first-order valence-corrected chi connectivity index (χ1v) is 11.2. The Hall–Kier alpha value is -2.44. The lowest BCUT2D eigenvalue weighted by molar-refractivity contribution is -0.0612. The van der Waals surface area contributed by atoms with Gasteiger partial charge in [-0.05, 0) is 5.56 Å². The molecule has 0 aliphatic carbocycles. The Kier molecular flexibility index (Phi) is 6.30. The zero-order valence-electron chi connectivity index (χ0n) is 16.2. The number of hydrogen-bond acceptors (Lipinski definition) is 9. The number of aliphatic hydroxyl groups excluding tert-OH is 2. The summed E-state index contributed by atoms with van der Waals surface area (Å²) in [6, 6.07) is 9.75. The van der Waals surface area contributed by atoms with Crippen molar-refractivity contribution >= 4 is 24.6 Å². The average Bonchev–Trinajstić information content (AvgIpc) is 3.29. The number of benzene rings is 1. The van der Waals surface area contributed by atoms with Crippen LogP contribution in [0.2, 0.25) is 0 Å². The van der Waals surface area contributed by atoms with Crippen molar-refractivity contribution in [3.05, 3.63) is 48.5 Å². The highest BCUT2D eigenvalue weighted by molar-refractivity contribution is 7.51. The van der Waals surface area contributed by atoms with Crippen LogP contribution in [0.4, 0.5) is 5.82 Å². The molecular weight excluding hydrogens is 429 g/mol. The summed E-state index contributed by atoms with van der Waals surface area (Å²) in [5.41, 5.74) is 1.91. The fraction of sp³-hybridized carbons (Fsp3) is 0.389. The molecule has 1 aromatic carbocycles. The van der Waals surface area contributed by atoms with Gasteiger partial charge in [-0.2, -0.15) is 0 Å². The molecule has 4 rings (SSSR count). The minimum absolute atomic E-state index is 0.300. The van der Waals surface area contributed by atoms with Crippen LogP contribution in [0.25, 0.3) is 11.2 Å². The molecule has 1 fully saturated rings. The average molecular weight is 451 g/mol. The van der Waals surface area contributed by atoms with E-state index >= 15 is 0 Å². The highest BCUT2D eigenvalue weighted by Crippen LogP contribution is 2.36. The van der Waals surface area contributed by atoms with E-state index in [1.54, 1.807) is 0 Å². The van der Waals surface area contributed by atoms with E-state index in [-0.39, 0.29) is 6.61 Å². The summed E-state index contributed by atoms with van der Waals surface area (Å²) < 4.78 is 23.0. The van der Waals surface area contributed by atoms with E-state index < -0.39 is 38.5 Å². The molecule has 1 saturated heterocycles. The van der Waals surface area contributed by atoms with Gasteiger partial charge in [0.05, 0.1) is 12.9 Å². The van der Waals surface area contributed by atoms with Gasteiger partial charge in [-0.25, -0.2) is 15.0 Å². The quantitative estimate of drug-likeness (QED) is 0.296. The Bertz CT molecular complexity index is 1080. The fourth-order valence-corrected chi connectivity index (χ4v) is 3.68. The Morgan fingerprint density at radius 1 is 1.13 bits per heavy atom. The van der Waals surface area contributed by atoms with Crippen molar-refractivity contribution in [1.82, 2.24) is 19.5 Å². The lowest BCUT2D eigenvalue weighted by Crippen LogP contribution is -2.33. The second-order valence-electron chi connectivity index (χ2n) is 7.10. The predicted molar refractivity (Wildman–Crippen MR) is 108 cm³/mol. The number of hydrogen-bond donors (Lipinski definition) is 5. The molecule has 13 heteroatoms. The molecule has 5 N–H and O–H groups in total. The number of aliphatic hydroxyl groups is 2. The number of nitrogens with one attached hydrogen (secondary N) is 1. The molecule has 0 bridgehead atoms. The standard InChI is InChI=1S/C18H22N5O7P/c24-14-12(7-29-10-31(26,27)28)30-18(15(14)25)23-9-22-13-16(20-8-21-17(13)23)19-6-11-4-2-1-3-5-11/h1-5,8-9,12,14-15,18,24-25H,6-7,10H2,(H,19,20,21)(H2,26,27,28)/t12-,14-,15-,18-/m1/s1. The van der Waals surface area contributed by atoms with E-state index in [2.05, 4.69) is 20.3 Å². The summed E-state index contributed by atoms with van der Waals surface area (Å²) in [4.78, 5) is 30.5. The van der Waals surface area contributed by atoms with Crippen LogP contribution in [0.15, 0.2) is 43.0 Å². The van der Waals surface area contributed by atoms with Crippen LogP contribution in [0, 0.1) is 0 Å². The molecule has 1 aliphatic rings. The van der Waals surface area contributed by atoms with Gasteiger partial charge in [-0.15, -0.1) is 0 Å². The van der Waals surface area contributed by atoms with Gasteiger partial charge >= 0.3 is 7.60 Å². The van der Waals surface area contributed by atoms with Crippen molar-refractivity contribution in [2.24, 2.45) is 0 Å². The first-order chi connectivity index (χ1) is 14.8. The maximum absolute atomic E-state index is 10.9. The molecule has 0 unspecified atom stereocenters. The lowest BCUT2D eigenvalue weighted by Gasteiger charge is -2.16. The van der Waals surface area contributed by atoms with Gasteiger partial charge in [0.2, 0.25) is 0 Å². The number of ether oxygens (including phenoxy) is 2. The van der Waals surface area contributed by atoms with E-state index in [9.17, 15) is 14.8 Å². The molecular formula is C18H22N5O7P. The first-order valence-electron chi connectivity index (χ1n) is 9.43. The van der Waals surface area contributed by atoms with E-state index in [0.717, 1.165) is 5.56 Å². The van der Waals surface area contributed by atoms with Gasteiger partial charge in [-0.3, -0.25) is 9.13 Å². The molecule has 12 nitrogen and oxygen atoms in total. The number of anilines is 1. The molecule has 3 aromatic rings. The molecule has 0 spiro atoms. The second-order valence-corrected chi connectivity index (χ2v) is 8.68. The highest BCUT2D eigenvalue weighted by atomic mass is 31.2. The monoisotopic (exact) mass is 451 g/mol. The SMILES string of the molecule is O=P(O)(O)COC[C@H]1O[C@@H](n2cnc3c(NCc4ccccc4)ncnc32)[C@H](O)[C@@H]1O.